The molecule has 1 fully saturated rings. The molecule has 176 valence electrons. The number of benzene rings is 1. The summed E-state index contributed by atoms with van der Waals surface area (Å²) in [6.45, 7) is 5.16. The van der Waals surface area contributed by atoms with E-state index in [0.717, 1.165) is 51.7 Å². The molecule has 0 bridgehead atoms. The highest BCUT2D eigenvalue weighted by Gasteiger charge is 2.42. The van der Waals surface area contributed by atoms with Gasteiger partial charge in [-0.05, 0) is 81.8 Å². The fourth-order valence-corrected chi connectivity index (χ4v) is 5.25. The van der Waals surface area contributed by atoms with Crippen LogP contribution in [0.5, 0.6) is 11.5 Å². The van der Waals surface area contributed by atoms with Crippen molar-refractivity contribution in [2.24, 2.45) is 5.92 Å². The van der Waals surface area contributed by atoms with E-state index in [0.29, 0.717) is 28.5 Å². The largest absolute Gasteiger partial charge is 0.493 e. The number of rotatable bonds is 9. The Balaban J connectivity index is 1.36. The van der Waals surface area contributed by atoms with Crippen LogP contribution in [-0.4, -0.2) is 66.5 Å². The second-order valence-corrected chi connectivity index (χ2v) is 9.06. The maximum Gasteiger partial charge on any atom is 0.265 e. The lowest BCUT2D eigenvalue weighted by Gasteiger charge is -2.35. The lowest BCUT2D eigenvalue weighted by molar-refractivity contribution is 0.0555. The van der Waals surface area contributed by atoms with Crippen LogP contribution in [0.1, 0.15) is 58.9 Å². The van der Waals surface area contributed by atoms with E-state index >= 15 is 0 Å². The highest BCUT2D eigenvalue weighted by Crippen LogP contribution is 2.39. The average Bonchev–Trinajstić information content (AvgIpc) is 3.09. The van der Waals surface area contributed by atoms with Crippen molar-refractivity contribution in [2.45, 2.75) is 45.1 Å². The van der Waals surface area contributed by atoms with Crippen LogP contribution in [0.2, 0.25) is 0 Å². The highest BCUT2D eigenvalue weighted by atomic mass is 16.5. The minimum Gasteiger partial charge on any atom is -0.493 e. The summed E-state index contributed by atoms with van der Waals surface area (Å²) in [6.07, 6.45) is 8.97. The van der Waals surface area contributed by atoms with Crippen molar-refractivity contribution in [1.82, 2.24) is 14.8 Å². The van der Waals surface area contributed by atoms with Crippen LogP contribution in [0, 0.1) is 5.92 Å². The molecule has 0 aliphatic carbocycles. The van der Waals surface area contributed by atoms with Gasteiger partial charge in [-0.15, -0.1) is 0 Å². The van der Waals surface area contributed by atoms with Gasteiger partial charge in [-0.3, -0.25) is 19.5 Å². The maximum atomic E-state index is 13.2. The van der Waals surface area contributed by atoms with Crippen molar-refractivity contribution in [3.05, 3.63) is 53.3 Å². The Morgan fingerprint density at radius 2 is 2.00 bits per heavy atom. The van der Waals surface area contributed by atoms with Gasteiger partial charge < -0.3 is 14.4 Å². The predicted octanol–water partition coefficient (Wildman–Crippen LogP) is 3.82. The summed E-state index contributed by atoms with van der Waals surface area (Å²) in [5.74, 6) is 0.726. The monoisotopic (exact) mass is 451 g/mol. The second kappa shape index (κ2) is 10.3. The van der Waals surface area contributed by atoms with Gasteiger partial charge in [0.2, 0.25) is 0 Å². The van der Waals surface area contributed by atoms with Crippen LogP contribution >= 0.6 is 0 Å². The van der Waals surface area contributed by atoms with E-state index in [1.807, 2.05) is 19.2 Å². The molecule has 2 aromatic rings. The predicted molar refractivity (Wildman–Crippen MR) is 126 cm³/mol. The molecule has 3 heterocycles. The molecule has 4 rings (SSSR count). The van der Waals surface area contributed by atoms with Crippen molar-refractivity contribution in [3.8, 4) is 11.5 Å². The lowest BCUT2D eigenvalue weighted by atomic mass is 9.91. The number of hydrogen-bond acceptors (Lipinski definition) is 6. The Morgan fingerprint density at radius 3 is 2.73 bits per heavy atom. The van der Waals surface area contributed by atoms with Gasteiger partial charge in [0.15, 0.2) is 11.5 Å². The van der Waals surface area contributed by atoms with Crippen LogP contribution < -0.4 is 9.47 Å². The second-order valence-electron chi connectivity index (χ2n) is 9.06. The summed E-state index contributed by atoms with van der Waals surface area (Å²) < 4.78 is 10.7. The molecule has 33 heavy (non-hydrogen) atoms. The third-order valence-electron chi connectivity index (χ3n) is 6.81. The first kappa shape index (κ1) is 23.2. The third kappa shape index (κ3) is 4.88. The van der Waals surface area contributed by atoms with Gasteiger partial charge in [-0.25, -0.2) is 0 Å². The minimum absolute atomic E-state index is 0.173. The molecule has 2 amide bonds. The summed E-state index contributed by atoms with van der Waals surface area (Å²) in [7, 11) is 3.02. The van der Waals surface area contributed by atoms with Crippen molar-refractivity contribution < 1.29 is 19.1 Å². The van der Waals surface area contributed by atoms with Crippen molar-refractivity contribution in [3.63, 3.8) is 0 Å². The number of fused-ring (bicyclic) bond motifs is 1. The quantitative estimate of drug-likeness (QED) is 0.540. The van der Waals surface area contributed by atoms with Crippen molar-refractivity contribution in [2.75, 3.05) is 33.9 Å². The first-order chi connectivity index (χ1) is 16.0. The van der Waals surface area contributed by atoms with Crippen LogP contribution in [0.4, 0.5) is 0 Å². The smallest absolute Gasteiger partial charge is 0.265 e. The maximum absolute atomic E-state index is 13.2. The molecule has 1 aromatic heterocycles. The number of hydrogen-bond donors (Lipinski definition) is 0. The zero-order valence-corrected chi connectivity index (χ0v) is 19.8. The van der Waals surface area contributed by atoms with Crippen molar-refractivity contribution in [1.29, 1.82) is 0 Å². The van der Waals surface area contributed by atoms with E-state index in [4.69, 9.17) is 9.47 Å². The molecule has 0 radical (unpaired) electrons. The molecule has 2 aliphatic heterocycles. The topological polar surface area (TPSA) is 72.0 Å². The Hall–Kier alpha value is -2.93. The molecule has 1 aromatic carbocycles. The van der Waals surface area contributed by atoms with Gasteiger partial charge in [-0.1, -0.05) is 6.07 Å². The number of carbonyl (C=O) groups is 2. The number of aryl methyl sites for hydroxylation is 1. The molecule has 1 saturated heterocycles. The average molecular weight is 452 g/mol. The normalized spacial score (nSPS) is 19.5. The van der Waals surface area contributed by atoms with Crippen molar-refractivity contribution >= 4 is 11.8 Å². The van der Waals surface area contributed by atoms with E-state index < -0.39 is 0 Å². The summed E-state index contributed by atoms with van der Waals surface area (Å²) in [5.41, 5.74) is 1.98. The number of aromatic nitrogens is 1. The fraction of sp³-hybridized carbons (Fsp3) is 0.500. The molecule has 0 N–H and O–H groups in total. The zero-order valence-electron chi connectivity index (χ0n) is 19.8. The molecular formula is C26H33N3O4. The SMILES string of the molecule is COc1ccc2c(c1OC)C(=O)N(C(C)CC1CCCN(CCCc3cccnc3)C1)C2=O. The Bertz CT molecular complexity index is 995. The molecular weight excluding hydrogens is 418 g/mol. The number of nitrogens with zero attached hydrogens (tertiary/aromatic N) is 3. The molecule has 0 saturated carbocycles. The van der Waals surface area contributed by atoms with Crippen LogP contribution in [0.25, 0.3) is 0 Å². The Kier molecular flexibility index (Phi) is 7.28. The number of imide groups is 1. The zero-order chi connectivity index (χ0) is 23.4. The highest BCUT2D eigenvalue weighted by molar-refractivity contribution is 6.23. The van der Waals surface area contributed by atoms with Gasteiger partial charge in [0, 0.05) is 25.0 Å². The molecule has 2 unspecified atom stereocenters. The number of likely N-dealkylation sites (tertiary alicyclic amines) is 1. The molecule has 2 aliphatic rings. The van der Waals surface area contributed by atoms with Gasteiger partial charge in [-0.2, -0.15) is 0 Å². The first-order valence-electron chi connectivity index (χ1n) is 11.8. The number of amides is 2. The Morgan fingerprint density at radius 1 is 1.15 bits per heavy atom. The van der Waals surface area contributed by atoms with E-state index in [1.165, 1.54) is 24.7 Å². The summed E-state index contributed by atoms with van der Waals surface area (Å²) in [5, 5.41) is 0. The third-order valence-corrected chi connectivity index (χ3v) is 6.81. The van der Waals surface area contributed by atoms with Gasteiger partial charge in [0.1, 0.15) is 0 Å². The van der Waals surface area contributed by atoms with Gasteiger partial charge >= 0.3 is 0 Å². The van der Waals surface area contributed by atoms with Gasteiger partial charge in [0.05, 0.1) is 25.3 Å². The van der Waals surface area contributed by atoms with Crippen LogP contribution in [-0.2, 0) is 6.42 Å². The van der Waals surface area contributed by atoms with E-state index in [-0.39, 0.29) is 17.9 Å². The number of ether oxygens (including phenoxy) is 2. The first-order valence-corrected chi connectivity index (χ1v) is 11.8. The molecule has 7 heteroatoms. The Labute approximate surface area is 195 Å². The van der Waals surface area contributed by atoms with Crippen LogP contribution in [0.3, 0.4) is 0 Å². The number of methoxy groups -OCH3 is 2. The minimum atomic E-state index is -0.289. The molecule has 0 spiro atoms. The number of piperidine rings is 1. The number of pyridine rings is 1. The van der Waals surface area contributed by atoms with E-state index in [9.17, 15) is 9.59 Å². The summed E-state index contributed by atoms with van der Waals surface area (Å²) in [4.78, 5) is 34.4. The summed E-state index contributed by atoms with van der Waals surface area (Å²) in [6, 6.07) is 7.28. The molecule has 2 atom stereocenters. The van der Waals surface area contributed by atoms with E-state index in [1.54, 1.807) is 18.3 Å². The fourth-order valence-electron chi connectivity index (χ4n) is 5.25. The lowest BCUT2D eigenvalue weighted by Crippen LogP contribution is -2.42. The molecule has 7 nitrogen and oxygen atoms in total. The standard InChI is InChI=1S/C26H33N3O4/c1-18(29-25(30)21-10-11-22(32-2)24(33-3)23(21)26(29)31)15-20-9-6-14-28(17-20)13-5-8-19-7-4-12-27-16-19/h4,7,10-12,16,18,20H,5-6,8-9,13-15,17H2,1-3H3. The van der Waals surface area contributed by atoms with Crippen LogP contribution in [0.15, 0.2) is 36.7 Å². The van der Waals surface area contributed by atoms with E-state index in [2.05, 4.69) is 16.0 Å². The summed E-state index contributed by atoms with van der Waals surface area (Å²) >= 11 is 0. The number of carbonyl (C=O) groups excluding carboxylic acids is 2. The van der Waals surface area contributed by atoms with Gasteiger partial charge in [0.25, 0.3) is 11.8 Å².